The maximum Gasteiger partial charge on any atom is 0.210 e. The Hall–Kier alpha value is -1.87. The van der Waals surface area contributed by atoms with Crippen LogP contribution >= 0.6 is 11.6 Å². The van der Waals surface area contributed by atoms with Gasteiger partial charge in [-0.25, -0.2) is 0 Å². The van der Waals surface area contributed by atoms with E-state index in [-0.39, 0.29) is 17.2 Å². The van der Waals surface area contributed by atoms with Gasteiger partial charge in [0, 0.05) is 0 Å². The van der Waals surface area contributed by atoms with E-state index in [0.717, 1.165) is 0 Å². The smallest absolute Gasteiger partial charge is 0.210 e. The van der Waals surface area contributed by atoms with Crippen LogP contribution in [0.4, 0.5) is 0 Å². The molecule has 0 aliphatic carbocycles. The highest BCUT2D eigenvalue weighted by atomic mass is 35.5. The first-order valence-corrected chi connectivity index (χ1v) is 4.99. The number of benzene rings is 2. The molecule has 82 valence electrons. The second-order valence-electron chi connectivity index (χ2n) is 3.16. The molecule has 2 rings (SSSR count). The van der Waals surface area contributed by atoms with Crippen LogP contribution in [-0.4, -0.2) is 10.2 Å². The van der Waals surface area contributed by atoms with Crippen molar-refractivity contribution < 1.29 is 14.9 Å². The average Bonchev–Trinajstić information content (AvgIpc) is 2.26. The summed E-state index contributed by atoms with van der Waals surface area (Å²) in [6, 6.07) is 11.2. The van der Waals surface area contributed by atoms with E-state index in [0.29, 0.717) is 10.8 Å². The third-order valence-corrected chi connectivity index (χ3v) is 2.33. The van der Waals surface area contributed by atoms with Gasteiger partial charge in [-0.05, 0) is 24.3 Å². The number of halogens is 1. The molecule has 0 radical (unpaired) electrons. The molecule has 3 nitrogen and oxygen atoms in total. The molecular formula is C12H9ClO3. The first kappa shape index (κ1) is 10.6. The number of hydrogen-bond acceptors (Lipinski definition) is 3. The number of rotatable bonds is 2. The van der Waals surface area contributed by atoms with Crippen LogP contribution in [0.1, 0.15) is 0 Å². The molecule has 4 heteroatoms. The zero-order chi connectivity index (χ0) is 11.5. The van der Waals surface area contributed by atoms with Crippen molar-refractivity contribution in [3.8, 4) is 23.0 Å². The van der Waals surface area contributed by atoms with Gasteiger partial charge in [0.2, 0.25) is 5.75 Å². The summed E-state index contributed by atoms with van der Waals surface area (Å²) < 4.78 is 5.34. The molecule has 2 aromatic rings. The highest BCUT2D eigenvalue weighted by Gasteiger charge is 2.10. The molecule has 0 unspecified atom stereocenters. The van der Waals surface area contributed by atoms with Crippen LogP contribution in [0, 0.1) is 0 Å². The van der Waals surface area contributed by atoms with Gasteiger partial charge in [0.05, 0.1) is 5.02 Å². The lowest BCUT2D eigenvalue weighted by atomic mass is 10.3. The fraction of sp³-hybridized carbons (Fsp3) is 0. The quantitative estimate of drug-likeness (QED) is 0.839. The summed E-state index contributed by atoms with van der Waals surface area (Å²) in [5, 5.41) is 19.4. The molecule has 2 aromatic carbocycles. The lowest BCUT2D eigenvalue weighted by Gasteiger charge is -2.09. The minimum atomic E-state index is -0.139. The molecule has 2 N–H and O–H groups in total. The Bertz CT molecular complexity index is 491. The van der Waals surface area contributed by atoms with Gasteiger partial charge in [-0.2, -0.15) is 0 Å². The van der Waals surface area contributed by atoms with Gasteiger partial charge in [-0.15, -0.1) is 0 Å². The van der Waals surface area contributed by atoms with Crippen molar-refractivity contribution in [2.24, 2.45) is 0 Å². The first-order chi connectivity index (χ1) is 7.68. The first-order valence-electron chi connectivity index (χ1n) is 4.62. The molecule has 16 heavy (non-hydrogen) atoms. The summed E-state index contributed by atoms with van der Waals surface area (Å²) in [7, 11) is 0. The van der Waals surface area contributed by atoms with E-state index in [4.69, 9.17) is 16.3 Å². The van der Waals surface area contributed by atoms with Crippen LogP contribution < -0.4 is 4.74 Å². The highest BCUT2D eigenvalue weighted by Crippen LogP contribution is 2.40. The van der Waals surface area contributed by atoms with E-state index in [2.05, 4.69) is 0 Å². The van der Waals surface area contributed by atoms with Crippen LogP contribution in [0.3, 0.4) is 0 Å². The second kappa shape index (κ2) is 4.33. The molecule has 0 saturated carbocycles. The van der Waals surface area contributed by atoms with E-state index < -0.39 is 0 Å². The maximum absolute atomic E-state index is 9.52. The van der Waals surface area contributed by atoms with Crippen molar-refractivity contribution in [3.63, 3.8) is 0 Å². The van der Waals surface area contributed by atoms with Gasteiger partial charge >= 0.3 is 0 Å². The van der Waals surface area contributed by atoms with Crippen molar-refractivity contribution >= 4 is 11.6 Å². The Kier molecular flexibility index (Phi) is 2.88. The van der Waals surface area contributed by atoms with Crippen LogP contribution in [0.25, 0.3) is 0 Å². The second-order valence-corrected chi connectivity index (χ2v) is 3.57. The van der Waals surface area contributed by atoms with Crippen molar-refractivity contribution in [2.45, 2.75) is 0 Å². The van der Waals surface area contributed by atoms with Gasteiger partial charge < -0.3 is 14.9 Å². The third kappa shape index (κ3) is 2.04. The number of phenolic OH excluding ortho intramolecular Hbond substituents is 2. The third-order valence-electron chi connectivity index (χ3n) is 2.02. The largest absolute Gasteiger partial charge is 0.504 e. The Morgan fingerprint density at radius 2 is 1.50 bits per heavy atom. The van der Waals surface area contributed by atoms with Crippen LogP contribution in [-0.2, 0) is 0 Å². The number of hydrogen-bond donors (Lipinski definition) is 2. The van der Waals surface area contributed by atoms with Gasteiger partial charge in [0.1, 0.15) is 5.75 Å². The summed E-state index contributed by atoms with van der Waals surface area (Å²) in [4.78, 5) is 0. The van der Waals surface area contributed by atoms with E-state index in [9.17, 15) is 10.2 Å². The molecule has 0 fully saturated rings. The van der Waals surface area contributed by atoms with E-state index in [1.807, 2.05) is 0 Å². The van der Waals surface area contributed by atoms with Gasteiger partial charge in [0.25, 0.3) is 0 Å². The molecule has 0 saturated heterocycles. The highest BCUT2D eigenvalue weighted by molar-refractivity contribution is 6.32. The van der Waals surface area contributed by atoms with Crippen molar-refractivity contribution in [1.82, 2.24) is 0 Å². The van der Waals surface area contributed by atoms with E-state index in [1.165, 1.54) is 18.2 Å². The summed E-state index contributed by atoms with van der Waals surface area (Å²) >= 11 is 5.89. The number of aromatic hydroxyl groups is 2. The summed E-state index contributed by atoms with van der Waals surface area (Å²) in [5.41, 5.74) is 0. The van der Waals surface area contributed by atoms with Crippen molar-refractivity contribution in [2.75, 3.05) is 0 Å². The molecule has 0 aliphatic heterocycles. The number of ether oxygens (including phenoxy) is 1. The van der Waals surface area contributed by atoms with E-state index >= 15 is 0 Å². The Morgan fingerprint density at radius 1 is 0.875 bits per heavy atom. The summed E-state index contributed by atoms with van der Waals surface area (Å²) in [6.07, 6.45) is 0. The Balaban J connectivity index is 2.38. The zero-order valence-corrected chi connectivity index (χ0v) is 8.98. The van der Waals surface area contributed by atoms with Gasteiger partial charge in [-0.1, -0.05) is 29.8 Å². The Labute approximate surface area is 97.5 Å². The van der Waals surface area contributed by atoms with Gasteiger partial charge in [-0.3, -0.25) is 0 Å². The predicted octanol–water partition coefficient (Wildman–Crippen LogP) is 3.54. The predicted molar refractivity (Wildman–Crippen MR) is 61.3 cm³/mol. The van der Waals surface area contributed by atoms with Crippen LogP contribution in [0.15, 0.2) is 42.5 Å². The molecular weight excluding hydrogens is 228 g/mol. The van der Waals surface area contributed by atoms with E-state index in [1.54, 1.807) is 24.3 Å². The summed E-state index contributed by atoms with van der Waals surface area (Å²) in [5.74, 6) is 0.0939. The molecule has 0 aromatic heterocycles. The number of para-hydroxylation sites is 2. The normalized spacial score (nSPS) is 10.1. The number of phenols is 2. The summed E-state index contributed by atoms with van der Waals surface area (Å²) in [6.45, 7) is 0. The minimum absolute atomic E-state index is 0.00407. The standard InChI is InChI=1S/C12H9ClO3/c13-8-4-1-2-7-11(8)16-12-9(14)5-3-6-10(12)15/h1-7,14-15H. The SMILES string of the molecule is Oc1cccc(O)c1Oc1ccccc1Cl. The lowest BCUT2D eigenvalue weighted by molar-refractivity contribution is 0.376. The fourth-order valence-electron chi connectivity index (χ4n) is 1.26. The molecule has 0 amide bonds. The minimum Gasteiger partial charge on any atom is -0.504 e. The zero-order valence-electron chi connectivity index (χ0n) is 8.22. The lowest BCUT2D eigenvalue weighted by Crippen LogP contribution is -1.86. The van der Waals surface area contributed by atoms with Crippen LogP contribution in [0.2, 0.25) is 5.02 Å². The molecule has 0 spiro atoms. The fourth-order valence-corrected chi connectivity index (χ4v) is 1.43. The maximum atomic E-state index is 9.52. The molecule has 0 bridgehead atoms. The molecule has 0 heterocycles. The average molecular weight is 237 g/mol. The Morgan fingerprint density at radius 3 is 2.12 bits per heavy atom. The van der Waals surface area contributed by atoms with Crippen LogP contribution in [0.5, 0.6) is 23.0 Å². The molecule has 0 atom stereocenters. The van der Waals surface area contributed by atoms with Crippen molar-refractivity contribution in [3.05, 3.63) is 47.5 Å². The van der Waals surface area contributed by atoms with Gasteiger partial charge in [0.15, 0.2) is 11.5 Å². The monoisotopic (exact) mass is 236 g/mol. The molecule has 0 aliphatic rings. The topological polar surface area (TPSA) is 49.7 Å². The van der Waals surface area contributed by atoms with Crippen molar-refractivity contribution in [1.29, 1.82) is 0 Å².